The molecular formula is C14H10F2N2O3. The van der Waals surface area contributed by atoms with Crippen LogP contribution >= 0.6 is 0 Å². The number of carbonyl (C=O) groups excluding carboxylic acids is 1. The Morgan fingerprint density at radius 2 is 1.95 bits per heavy atom. The number of carbonyl (C=O) groups is 2. The molecule has 0 radical (unpaired) electrons. The van der Waals surface area contributed by atoms with E-state index in [1.807, 2.05) is 0 Å². The molecule has 1 aromatic carbocycles. The van der Waals surface area contributed by atoms with Crippen molar-refractivity contribution in [2.24, 2.45) is 0 Å². The number of halogens is 2. The smallest absolute Gasteiger partial charge is 0.354 e. The molecule has 5 nitrogen and oxygen atoms in total. The first-order valence-corrected chi connectivity index (χ1v) is 5.89. The molecule has 0 aliphatic rings. The summed E-state index contributed by atoms with van der Waals surface area (Å²) in [5, 5.41) is 11.1. The van der Waals surface area contributed by atoms with Gasteiger partial charge in [0.15, 0.2) is 11.6 Å². The molecule has 2 aromatic rings. The van der Waals surface area contributed by atoms with Crippen LogP contribution in [0.3, 0.4) is 0 Å². The van der Waals surface area contributed by atoms with Crippen molar-refractivity contribution in [1.29, 1.82) is 0 Å². The van der Waals surface area contributed by atoms with E-state index in [4.69, 9.17) is 5.11 Å². The van der Waals surface area contributed by atoms with Gasteiger partial charge in [0.2, 0.25) is 5.91 Å². The molecule has 2 rings (SSSR count). The maximum atomic E-state index is 13.4. The second kappa shape index (κ2) is 6.08. The van der Waals surface area contributed by atoms with Crippen molar-refractivity contribution in [3.63, 3.8) is 0 Å². The van der Waals surface area contributed by atoms with E-state index in [0.29, 0.717) is 0 Å². The molecule has 108 valence electrons. The van der Waals surface area contributed by atoms with Crippen LogP contribution in [0.15, 0.2) is 36.5 Å². The van der Waals surface area contributed by atoms with Gasteiger partial charge in [0, 0.05) is 5.56 Å². The molecule has 21 heavy (non-hydrogen) atoms. The van der Waals surface area contributed by atoms with Crippen molar-refractivity contribution in [2.45, 2.75) is 6.42 Å². The summed E-state index contributed by atoms with van der Waals surface area (Å²) in [5.41, 5.74) is 0.0357. The zero-order valence-electron chi connectivity index (χ0n) is 10.6. The van der Waals surface area contributed by atoms with Gasteiger partial charge in [-0.3, -0.25) is 4.79 Å². The summed E-state index contributed by atoms with van der Waals surface area (Å²) in [7, 11) is 0. The van der Waals surface area contributed by atoms with Crippen LogP contribution in [0.2, 0.25) is 0 Å². The third-order valence-corrected chi connectivity index (χ3v) is 2.65. The van der Waals surface area contributed by atoms with Gasteiger partial charge >= 0.3 is 5.97 Å². The largest absolute Gasteiger partial charge is 0.477 e. The molecule has 0 atom stereocenters. The minimum absolute atomic E-state index is 0.0670. The van der Waals surface area contributed by atoms with E-state index < -0.39 is 23.5 Å². The number of carboxylic acids is 1. The van der Waals surface area contributed by atoms with Gasteiger partial charge in [-0.25, -0.2) is 18.6 Å². The van der Waals surface area contributed by atoms with Gasteiger partial charge in [-0.2, -0.15) is 0 Å². The van der Waals surface area contributed by atoms with E-state index in [-0.39, 0.29) is 23.4 Å². The van der Waals surface area contributed by atoms with Crippen molar-refractivity contribution in [3.05, 3.63) is 59.4 Å². The average Bonchev–Trinajstić information content (AvgIpc) is 2.44. The molecular weight excluding hydrogens is 282 g/mol. The molecule has 1 aromatic heterocycles. The highest BCUT2D eigenvalue weighted by Gasteiger charge is 2.12. The number of hydrogen-bond donors (Lipinski definition) is 2. The number of hydrogen-bond acceptors (Lipinski definition) is 3. The predicted molar refractivity (Wildman–Crippen MR) is 69.9 cm³/mol. The topological polar surface area (TPSA) is 79.3 Å². The number of carboxylic acid groups (broad SMARTS) is 1. The highest BCUT2D eigenvalue weighted by atomic mass is 19.2. The van der Waals surface area contributed by atoms with Crippen LogP contribution < -0.4 is 5.32 Å². The zero-order valence-corrected chi connectivity index (χ0v) is 10.6. The minimum Gasteiger partial charge on any atom is -0.477 e. The molecule has 2 N–H and O–H groups in total. The summed E-state index contributed by atoms with van der Waals surface area (Å²) < 4.78 is 26.4. The van der Waals surface area contributed by atoms with Gasteiger partial charge in [0.25, 0.3) is 0 Å². The van der Waals surface area contributed by atoms with E-state index in [1.165, 1.54) is 30.5 Å². The Hall–Kier alpha value is -2.83. The lowest BCUT2D eigenvalue weighted by Gasteiger charge is -2.06. The number of nitrogens with zero attached hydrogens (tertiary/aromatic N) is 1. The number of amides is 1. The van der Waals surface area contributed by atoms with Crippen LogP contribution in [0.25, 0.3) is 0 Å². The predicted octanol–water partition coefficient (Wildman–Crippen LogP) is 2.24. The Labute approximate surface area is 118 Å². The van der Waals surface area contributed by atoms with E-state index in [1.54, 1.807) is 0 Å². The highest BCUT2D eigenvalue weighted by molar-refractivity contribution is 5.92. The first-order valence-electron chi connectivity index (χ1n) is 5.89. The second-order valence-corrected chi connectivity index (χ2v) is 4.18. The third kappa shape index (κ3) is 3.59. The lowest BCUT2D eigenvalue weighted by atomic mass is 10.1. The monoisotopic (exact) mass is 292 g/mol. The molecule has 1 heterocycles. The third-order valence-electron chi connectivity index (χ3n) is 2.65. The fourth-order valence-corrected chi connectivity index (χ4v) is 1.66. The van der Waals surface area contributed by atoms with Gasteiger partial charge in [0.05, 0.1) is 18.3 Å². The molecule has 0 bridgehead atoms. The Morgan fingerprint density at radius 3 is 2.57 bits per heavy atom. The van der Waals surface area contributed by atoms with E-state index in [9.17, 15) is 18.4 Å². The molecule has 0 saturated heterocycles. The maximum Gasteiger partial charge on any atom is 0.354 e. The number of nitrogens with one attached hydrogen (secondary N) is 1. The van der Waals surface area contributed by atoms with Crippen LogP contribution in [-0.4, -0.2) is 22.0 Å². The summed E-state index contributed by atoms with van der Waals surface area (Å²) in [5.74, 6) is -3.83. The minimum atomic E-state index is -1.19. The van der Waals surface area contributed by atoms with Crippen LogP contribution in [0, 0.1) is 11.6 Å². The Kier molecular flexibility index (Phi) is 4.22. The van der Waals surface area contributed by atoms with Crippen LogP contribution in [0.4, 0.5) is 14.5 Å². The van der Waals surface area contributed by atoms with Crippen molar-refractivity contribution in [2.75, 3.05) is 5.32 Å². The van der Waals surface area contributed by atoms with Crippen molar-refractivity contribution >= 4 is 17.6 Å². The summed E-state index contributed by atoms with van der Waals surface area (Å²) in [6, 6.07) is 6.16. The molecule has 7 heteroatoms. The molecule has 0 fully saturated rings. The summed E-state index contributed by atoms with van der Waals surface area (Å²) in [4.78, 5) is 26.0. The Morgan fingerprint density at radius 1 is 1.19 bits per heavy atom. The number of pyridine rings is 1. The standard InChI is InChI=1S/C14H10F2N2O3/c15-10-3-1-2-8(13(10)16)6-12(19)18-9-4-5-11(14(20)21)17-7-9/h1-5,7H,6H2,(H,18,19)(H,20,21). The molecule has 0 aliphatic carbocycles. The zero-order chi connectivity index (χ0) is 15.4. The van der Waals surface area contributed by atoms with E-state index >= 15 is 0 Å². The summed E-state index contributed by atoms with van der Waals surface area (Å²) in [6.07, 6.45) is 0.827. The van der Waals surface area contributed by atoms with Crippen molar-refractivity contribution < 1.29 is 23.5 Å². The molecule has 0 aliphatic heterocycles. The van der Waals surface area contributed by atoms with Crippen molar-refractivity contribution in [3.8, 4) is 0 Å². The average molecular weight is 292 g/mol. The molecule has 1 amide bonds. The number of aromatic nitrogens is 1. The highest BCUT2D eigenvalue weighted by Crippen LogP contribution is 2.13. The maximum absolute atomic E-state index is 13.4. The van der Waals surface area contributed by atoms with E-state index in [0.717, 1.165) is 6.07 Å². The van der Waals surface area contributed by atoms with Crippen LogP contribution in [-0.2, 0) is 11.2 Å². The number of rotatable bonds is 4. The molecule has 0 unspecified atom stereocenters. The van der Waals surface area contributed by atoms with Gasteiger partial charge < -0.3 is 10.4 Å². The van der Waals surface area contributed by atoms with Gasteiger partial charge in [-0.1, -0.05) is 12.1 Å². The lowest BCUT2D eigenvalue weighted by Crippen LogP contribution is -2.16. The second-order valence-electron chi connectivity index (χ2n) is 4.18. The van der Waals surface area contributed by atoms with Gasteiger partial charge in [-0.05, 0) is 18.2 Å². The Bertz CT molecular complexity index is 687. The summed E-state index contributed by atoms with van der Waals surface area (Å²) in [6.45, 7) is 0. The lowest BCUT2D eigenvalue weighted by molar-refractivity contribution is -0.115. The quantitative estimate of drug-likeness (QED) is 0.905. The number of benzene rings is 1. The molecule has 0 saturated carbocycles. The van der Waals surface area contributed by atoms with Gasteiger partial charge in [-0.15, -0.1) is 0 Å². The SMILES string of the molecule is O=C(Cc1cccc(F)c1F)Nc1ccc(C(=O)O)nc1. The summed E-state index contributed by atoms with van der Waals surface area (Å²) >= 11 is 0. The van der Waals surface area contributed by atoms with Gasteiger partial charge in [0.1, 0.15) is 5.69 Å². The molecule has 0 spiro atoms. The van der Waals surface area contributed by atoms with Crippen LogP contribution in [0.5, 0.6) is 0 Å². The first-order chi connectivity index (χ1) is 9.97. The number of aromatic carboxylic acids is 1. The number of anilines is 1. The fraction of sp³-hybridized carbons (Fsp3) is 0.0714. The van der Waals surface area contributed by atoms with Crippen LogP contribution in [0.1, 0.15) is 16.1 Å². The van der Waals surface area contributed by atoms with E-state index in [2.05, 4.69) is 10.3 Å². The Balaban J connectivity index is 2.04. The fourth-order valence-electron chi connectivity index (χ4n) is 1.66. The normalized spacial score (nSPS) is 10.2. The first kappa shape index (κ1) is 14.6. The van der Waals surface area contributed by atoms with Crippen molar-refractivity contribution in [1.82, 2.24) is 4.98 Å².